The second kappa shape index (κ2) is 11.2. The van der Waals surface area contributed by atoms with E-state index in [4.69, 9.17) is 4.74 Å². The third kappa shape index (κ3) is 5.75. The molecule has 3 rings (SSSR count). The van der Waals surface area contributed by atoms with Crippen molar-refractivity contribution < 1.29 is 19.4 Å². The molecule has 3 amide bonds. The van der Waals surface area contributed by atoms with Crippen LogP contribution < -0.4 is 16.0 Å². The number of fused-ring (bicyclic) bond motifs is 1. The van der Waals surface area contributed by atoms with E-state index in [1.165, 1.54) is 0 Å². The minimum Gasteiger partial charge on any atom is -0.392 e. The van der Waals surface area contributed by atoms with Gasteiger partial charge in [-0.3, -0.25) is 9.69 Å². The first-order chi connectivity index (χ1) is 15.3. The van der Waals surface area contributed by atoms with Crippen LogP contribution in [0.1, 0.15) is 53.4 Å². The standard InChI is InChI=1S/C24H44N4O4/c1-5-25-23(31)27-19-7-9-24(4)8-6-18(21(29)20(24)17(19)3)16(2)22(30)26-10-11-28-12-14-32-15-13-28/h16-21,29H,5-15H2,1-4H3,(H,26,30)(H2,25,27,31)/t16-,17+,18-,19-,20+,21-,24-/m0/s1. The molecule has 32 heavy (non-hydrogen) atoms. The minimum absolute atomic E-state index is 0.0337. The lowest BCUT2D eigenvalue weighted by Gasteiger charge is -2.56. The molecule has 2 saturated carbocycles. The van der Waals surface area contributed by atoms with Gasteiger partial charge in [-0.25, -0.2) is 4.79 Å². The maximum absolute atomic E-state index is 12.9. The topological polar surface area (TPSA) is 103 Å². The molecule has 4 N–H and O–H groups in total. The number of aliphatic hydroxyl groups is 1. The second-order valence-corrected chi connectivity index (χ2v) is 10.4. The van der Waals surface area contributed by atoms with Crippen LogP contribution in [0.5, 0.6) is 0 Å². The van der Waals surface area contributed by atoms with Crippen LogP contribution in [0.15, 0.2) is 0 Å². The Balaban J connectivity index is 1.57. The zero-order valence-electron chi connectivity index (χ0n) is 20.4. The summed E-state index contributed by atoms with van der Waals surface area (Å²) in [5.41, 5.74) is 0.0568. The summed E-state index contributed by atoms with van der Waals surface area (Å²) in [6, 6.07) is -0.0894. The summed E-state index contributed by atoms with van der Waals surface area (Å²) in [4.78, 5) is 27.3. The molecule has 8 nitrogen and oxygen atoms in total. The average molecular weight is 453 g/mol. The molecule has 0 aromatic heterocycles. The van der Waals surface area contributed by atoms with Crippen LogP contribution >= 0.6 is 0 Å². The summed E-state index contributed by atoms with van der Waals surface area (Å²) >= 11 is 0. The van der Waals surface area contributed by atoms with E-state index >= 15 is 0 Å². The van der Waals surface area contributed by atoms with Crippen molar-refractivity contribution in [3.63, 3.8) is 0 Å². The molecule has 0 spiro atoms. The van der Waals surface area contributed by atoms with Gasteiger partial charge in [0.05, 0.1) is 19.3 Å². The molecule has 8 heteroatoms. The van der Waals surface area contributed by atoms with Gasteiger partial charge in [0.25, 0.3) is 0 Å². The highest BCUT2D eigenvalue weighted by atomic mass is 16.5. The van der Waals surface area contributed by atoms with E-state index in [2.05, 4.69) is 34.7 Å². The van der Waals surface area contributed by atoms with Crippen molar-refractivity contribution in [3.05, 3.63) is 0 Å². The van der Waals surface area contributed by atoms with E-state index in [0.29, 0.717) is 13.1 Å². The number of ether oxygens (including phenoxy) is 1. The molecular weight excluding hydrogens is 408 g/mol. The Labute approximate surface area is 193 Å². The number of urea groups is 1. The lowest BCUT2D eigenvalue weighted by atomic mass is 9.52. The number of rotatable bonds is 7. The molecule has 0 aromatic rings. The van der Waals surface area contributed by atoms with Gasteiger partial charge in [-0.15, -0.1) is 0 Å². The SMILES string of the molecule is CCNC(=O)N[C@H]1CC[C@]2(C)CC[C@@H]([C@H](C)C(=O)NCCN3CCOCC3)[C@H](O)[C@H]2[C@@H]1C. The zero-order valence-corrected chi connectivity index (χ0v) is 20.4. The Kier molecular flexibility index (Phi) is 8.81. The first-order valence-electron chi connectivity index (χ1n) is 12.6. The highest BCUT2D eigenvalue weighted by Crippen LogP contribution is 2.55. The summed E-state index contributed by atoms with van der Waals surface area (Å²) in [5.74, 6) is -0.0204. The average Bonchev–Trinajstić information content (AvgIpc) is 2.76. The van der Waals surface area contributed by atoms with Crippen LogP contribution in [-0.4, -0.2) is 80.0 Å². The number of hydrogen-bond donors (Lipinski definition) is 4. The van der Waals surface area contributed by atoms with E-state index < -0.39 is 6.10 Å². The Morgan fingerprint density at radius 2 is 1.88 bits per heavy atom. The van der Waals surface area contributed by atoms with Crippen LogP contribution in [0.3, 0.4) is 0 Å². The van der Waals surface area contributed by atoms with Gasteiger partial charge < -0.3 is 25.8 Å². The van der Waals surface area contributed by atoms with Gasteiger partial charge in [0.2, 0.25) is 5.91 Å². The normalized spacial score (nSPS) is 36.6. The number of nitrogens with zero attached hydrogens (tertiary/aromatic N) is 1. The van der Waals surface area contributed by atoms with Gasteiger partial charge in [0.1, 0.15) is 0 Å². The van der Waals surface area contributed by atoms with Crippen molar-refractivity contribution in [1.29, 1.82) is 0 Å². The number of hydrogen-bond acceptors (Lipinski definition) is 5. The third-order valence-electron chi connectivity index (χ3n) is 8.43. The molecular formula is C24H44N4O4. The van der Waals surface area contributed by atoms with E-state index in [0.717, 1.165) is 58.5 Å². The summed E-state index contributed by atoms with van der Waals surface area (Å²) in [6.07, 6.45) is 3.27. The van der Waals surface area contributed by atoms with Gasteiger partial charge in [-0.05, 0) is 55.8 Å². The second-order valence-electron chi connectivity index (χ2n) is 10.4. The first kappa shape index (κ1) is 25.2. The summed E-state index contributed by atoms with van der Waals surface area (Å²) in [5, 5.41) is 20.5. The third-order valence-corrected chi connectivity index (χ3v) is 8.43. The number of morpholine rings is 1. The first-order valence-corrected chi connectivity index (χ1v) is 12.6. The predicted octanol–water partition coefficient (Wildman–Crippen LogP) is 1.58. The number of amides is 3. The molecule has 184 valence electrons. The number of aliphatic hydroxyl groups excluding tert-OH is 1. The molecule has 0 aromatic carbocycles. The Morgan fingerprint density at radius 3 is 2.56 bits per heavy atom. The lowest BCUT2D eigenvalue weighted by molar-refractivity contribution is -0.141. The van der Waals surface area contributed by atoms with Crippen molar-refractivity contribution in [3.8, 4) is 0 Å². The fraction of sp³-hybridized carbons (Fsp3) is 0.917. The van der Waals surface area contributed by atoms with E-state index in [9.17, 15) is 14.7 Å². The fourth-order valence-corrected chi connectivity index (χ4v) is 6.39. The number of nitrogens with one attached hydrogen (secondary N) is 3. The Bertz CT molecular complexity index is 641. The van der Waals surface area contributed by atoms with Gasteiger partial charge in [0, 0.05) is 44.7 Å². The monoisotopic (exact) mass is 452 g/mol. The smallest absolute Gasteiger partial charge is 0.315 e. The Hall–Kier alpha value is -1.38. The number of carbonyl (C=O) groups excluding carboxylic acids is 2. The highest BCUT2D eigenvalue weighted by molar-refractivity contribution is 5.78. The van der Waals surface area contributed by atoms with Gasteiger partial charge in [-0.1, -0.05) is 20.8 Å². The van der Waals surface area contributed by atoms with Crippen LogP contribution in [0.2, 0.25) is 0 Å². The zero-order chi connectivity index (χ0) is 23.3. The van der Waals surface area contributed by atoms with E-state index in [1.807, 2.05) is 13.8 Å². The maximum Gasteiger partial charge on any atom is 0.315 e. The van der Waals surface area contributed by atoms with Gasteiger partial charge in [0.15, 0.2) is 0 Å². The highest BCUT2D eigenvalue weighted by Gasteiger charge is 2.53. The molecule has 0 unspecified atom stereocenters. The Morgan fingerprint density at radius 1 is 1.19 bits per heavy atom. The van der Waals surface area contributed by atoms with E-state index in [-0.39, 0.29) is 47.1 Å². The largest absolute Gasteiger partial charge is 0.392 e. The van der Waals surface area contributed by atoms with Crippen molar-refractivity contribution >= 4 is 11.9 Å². The van der Waals surface area contributed by atoms with Crippen molar-refractivity contribution in [2.45, 2.75) is 65.5 Å². The van der Waals surface area contributed by atoms with Crippen molar-refractivity contribution in [1.82, 2.24) is 20.9 Å². The molecule has 0 radical (unpaired) electrons. The van der Waals surface area contributed by atoms with Gasteiger partial charge in [-0.2, -0.15) is 0 Å². The lowest BCUT2D eigenvalue weighted by Crippen LogP contribution is -2.59. The molecule has 2 aliphatic carbocycles. The fourth-order valence-electron chi connectivity index (χ4n) is 6.39. The van der Waals surface area contributed by atoms with Crippen LogP contribution in [0.25, 0.3) is 0 Å². The van der Waals surface area contributed by atoms with Crippen LogP contribution in [0.4, 0.5) is 4.79 Å². The quantitative estimate of drug-likeness (QED) is 0.470. The molecule has 0 bridgehead atoms. The molecule has 1 saturated heterocycles. The molecule has 3 fully saturated rings. The summed E-state index contributed by atoms with van der Waals surface area (Å²) in [7, 11) is 0. The molecule has 7 atom stereocenters. The van der Waals surface area contributed by atoms with Gasteiger partial charge >= 0.3 is 6.03 Å². The van der Waals surface area contributed by atoms with Crippen LogP contribution in [-0.2, 0) is 9.53 Å². The minimum atomic E-state index is -0.539. The van der Waals surface area contributed by atoms with Crippen molar-refractivity contribution in [2.75, 3.05) is 45.9 Å². The molecule has 3 aliphatic rings. The van der Waals surface area contributed by atoms with E-state index in [1.54, 1.807) is 0 Å². The summed E-state index contributed by atoms with van der Waals surface area (Å²) in [6.45, 7) is 13.7. The maximum atomic E-state index is 12.9. The number of carbonyl (C=O) groups is 2. The van der Waals surface area contributed by atoms with Crippen molar-refractivity contribution in [2.24, 2.45) is 29.1 Å². The summed E-state index contributed by atoms with van der Waals surface area (Å²) < 4.78 is 5.37. The van der Waals surface area contributed by atoms with Crippen LogP contribution in [0, 0.1) is 29.1 Å². The molecule has 1 heterocycles. The predicted molar refractivity (Wildman–Crippen MR) is 124 cm³/mol. The molecule has 1 aliphatic heterocycles.